The molecule has 0 fully saturated rings. The highest BCUT2D eigenvalue weighted by Gasteiger charge is 2.18. The molecule has 2 heterocycles. The lowest BCUT2D eigenvalue weighted by Crippen LogP contribution is -2.25. The van der Waals surface area contributed by atoms with Crippen LogP contribution in [0.1, 0.15) is 11.3 Å². The van der Waals surface area contributed by atoms with E-state index in [2.05, 4.69) is 15.3 Å². The van der Waals surface area contributed by atoms with Crippen LogP contribution < -0.4 is 14.8 Å². The molecular weight excluding hydrogens is 218 g/mol. The van der Waals surface area contributed by atoms with E-state index in [0.29, 0.717) is 11.9 Å². The highest BCUT2D eigenvalue weighted by Crippen LogP contribution is 2.23. The van der Waals surface area contributed by atoms with Crippen molar-refractivity contribution >= 4 is 12.4 Å². The van der Waals surface area contributed by atoms with Crippen molar-refractivity contribution in [3.8, 4) is 11.9 Å². The average Bonchev–Trinajstić information content (AvgIpc) is 2.27. The van der Waals surface area contributed by atoms with E-state index in [0.717, 1.165) is 30.8 Å². The minimum atomic E-state index is 0. The number of methoxy groups -OCH3 is 2. The molecule has 0 unspecified atom stereocenters. The molecular formula is C9H14ClN3O2. The minimum Gasteiger partial charge on any atom is -0.481 e. The maximum absolute atomic E-state index is 5.18. The molecule has 0 saturated carbocycles. The van der Waals surface area contributed by atoms with E-state index >= 15 is 0 Å². The van der Waals surface area contributed by atoms with Crippen molar-refractivity contribution in [2.45, 2.75) is 13.0 Å². The molecule has 84 valence electrons. The first kappa shape index (κ1) is 12.0. The second kappa shape index (κ2) is 5.14. The van der Waals surface area contributed by atoms with Gasteiger partial charge in [0.15, 0.2) is 0 Å². The van der Waals surface area contributed by atoms with Crippen molar-refractivity contribution in [3.63, 3.8) is 0 Å². The molecule has 6 heteroatoms. The van der Waals surface area contributed by atoms with Crippen molar-refractivity contribution in [1.82, 2.24) is 15.3 Å². The largest absolute Gasteiger partial charge is 0.481 e. The summed E-state index contributed by atoms with van der Waals surface area (Å²) in [6, 6.07) is 0.377. The Bertz CT molecular complexity index is 329. The van der Waals surface area contributed by atoms with Crippen molar-refractivity contribution < 1.29 is 9.47 Å². The van der Waals surface area contributed by atoms with Gasteiger partial charge in [-0.15, -0.1) is 12.4 Å². The molecule has 0 spiro atoms. The third kappa shape index (κ3) is 2.30. The normalized spacial score (nSPS) is 13.7. The van der Waals surface area contributed by atoms with Crippen LogP contribution in [-0.4, -0.2) is 30.7 Å². The summed E-state index contributed by atoms with van der Waals surface area (Å²) in [6.07, 6.45) is 0.893. The van der Waals surface area contributed by atoms with Crippen LogP contribution in [0.5, 0.6) is 11.9 Å². The lowest BCUT2D eigenvalue weighted by Gasteiger charge is -2.18. The predicted octanol–water partition coefficient (Wildman–Crippen LogP) is 0.561. The van der Waals surface area contributed by atoms with E-state index in [4.69, 9.17) is 9.47 Å². The van der Waals surface area contributed by atoms with Gasteiger partial charge in [0.05, 0.1) is 19.9 Å². The Labute approximate surface area is 94.6 Å². The van der Waals surface area contributed by atoms with Crippen molar-refractivity contribution in [2.75, 3.05) is 20.8 Å². The van der Waals surface area contributed by atoms with E-state index in [-0.39, 0.29) is 12.4 Å². The van der Waals surface area contributed by atoms with Gasteiger partial charge in [0.25, 0.3) is 0 Å². The van der Waals surface area contributed by atoms with E-state index in [1.54, 1.807) is 14.2 Å². The van der Waals surface area contributed by atoms with Gasteiger partial charge < -0.3 is 14.8 Å². The Hall–Kier alpha value is -1.07. The van der Waals surface area contributed by atoms with Crippen LogP contribution in [0.4, 0.5) is 0 Å². The SMILES string of the molecule is COc1nc2c(c(OC)n1)CNCC2.Cl. The summed E-state index contributed by atoms with van der Waals surface area (Å²) in [5.74, 6) is 0.610. The molecule has 1 aliphatic heterocycles. The molecule has 0 amide bonds. The zero-order chi connectivity index (χ0) is 9.97. The van der Waals surface area contributed by atoms with Gasteiger partial charge in [-0.2, -0.15) is 9.97 Å². The number of rotatable bonds is 2. The Morgan fingerprint density at radius 1 is 1.20 bits per heavy atom. The molecule has 2 rings (SSSR count). The van der Waals surface area contributed by atoms with Gasteiger partial charge >= 0.3 is 6.01 Å². The van der Waals surface area contributed by atoms with Crippen molar-refractivity contribution in [1.29, 1.82) is 0 Å². The first-order valence-corrected chi connectivity index (χ1v) is 4.53. The van der Waals surface area contributed by atoms with E-state index in [9.17, 15) is 0 Å². The Morgan fingerprint density at radius 3 is 2.67 bits per heavy atom. The van der Waals surface area contributed by atoms with E-state index in [1.807, 2.05) is 0 Å². The first-order chi connectivity index (χ1) is 6.85. The molecule has 0 aliphatic carbocycles. The zero-order valence-electron chi connectivity index (χ0n) is 8.74. The molecule has 15 heavy (non-hydrogen) atoms. The fraction of sp³-hybridized carbons (Fsp3) is 0.556. The topological polar surface area (TPSA) is 56.3 Å². The van der Waals surface area contributed by atoms with Crippen LogP contribution >= 0.6 is 12.4 Å². The second-order valence-corrected chi connectivity index (χ2v) is 3.07. The fourth-order valence-corrected chi connectivity index (χ4v) is 1.55. The van der Waals surface area contributed by atoms with Gasteiger partial charge in [-0.05, 0) is 0 Å². The lowest BCUT2D eigenvalue weighted by atomic mass is 10.1. The lowest BCUT2D eigenvalue weighted by molar-refractivity contribution is 0.343. The van der Waals surface area contributed by atoms with Gasteiger partial charge in [-0.1, -0.05) is 0 Å². The molecule has 1 aromatic heterocycles. The average molecular weight is 232 g/mol. The Kier molecular flexibility index (Phi) is 4.11. The van der Waals surface area contributed by atoms with Gasteiger partial charge in [0, 0.05) is 25.1 Å². The number of ether oxygens (including phenoxy) is 2. The van der Waals surface area contributed by atoms with Crippen LogP contribution in [-0.2, 0) is 13.0 Å². The number of aromatic nitrogens is 2. The maximum Gasteiger partial charge on any atom is 0.319 e. The van der Waals surface area contributed by atoms with Gasteiger partial charge in [0.1, 0.15) is 0 Å². The summed E-state index contributed by atoms with van der Waals surface area (Å²) in [6.45, 7) is 1.71. The number of nitrogens with zero attached hydrogens (tertiary/aromatic N) is 2. The molecule has 0 atom stereocenters. The highest BCUT2D eigenvalue weighted by atomic mass is 35.5. The monoisotopic (exact) mass is 231 g/mol. The van der Waals surface area contributed by atoms with E-state index in [1.165, 1.54) is 0 Å². The number of hydrogen-bond acceptors (Lipinski definition) is 5. The second-order valence-electron chi connectivity index (χ2n) is 3.07. The third-order valence-corrected chi connectivity index (χ3v) is 2.25. The summed E-state index contributed by atoms with van der Waals surface area (Å²) >= 11 is 0. The smallest absolute Gasteiger partial charge is 0.319 e. The van der Waals surface area contributed by atoms with E-state index < -0.39 is 0 Å². The quantitative estimate of drug-likeness (QED) is 0.806. The number of halogens is 1. The van der Waals surface area contributed by atoms with Crippen LogP contribution in [0.15, 0.2) is 0 Å². The van der Waals surface area contributed by atoms with Gasteiger partial charge in [-0.25, -0.2) is 0 Å². The van der Waals surface area contributed by atoms with Crippen molar-refractivity contribution in [3.05, 3.63) is 11.3 Å². The van der Waals surface area contributed by atoms with Crippen LogP contribution in [0, 0.1) is 0 Å². The van der Waals surface area contributed by atoms with Crippen LogP contribution in [0.3, 0.4) is 0 Å². The summed E-state index contributed by atoms with van der Waals surface area (Å²) in [4.78, 5) is 8.41. The third-order valence-electron chi connectivity index (χ3n) is 2.25. The first-order valence-electron chi connectivity index (χ1n) is 4.53. The van der Waals surface area contributed by atoms with Gasteiger partial charge in [0.2, 0.25) is 5.88 Å². The summed E-state index contributed by atoms with van der Waals surface area (Å²) in [7, 11) is 3.17. The van der Waals surface area contributed by atoms with Crippen LogP contribution in [0.25, 0.3) is 0 Å². The Balaban J connectivity index is 0.00000112. The molecule has 1 aliphatic rings. The van der Waals surface area contributed by atoms with Crippen LogP contribution in [0.2, 0.25) is 0 Å². The molecule has 5 nitrogen and oxygen atoms in total. The molecule has 1 N–H and O–H groups in total. The van der Waals surface area contributed by atoms with Gasteiger partial charge in [-0.3, -0.25) is 0 Å². The standard InChI is InChI=1S/C9H13N3O2.ClH/c1-13-8-6-5-10-4-3-7(6)11-9(12-8)14-2;/h10H,3-5H2,1-2H3;1H. The summed E-state index contributed by atoms with van der Waals surface area (Å²) < 4.78 is 10.2. The molecule has 1 aromatic rings. The highest BCUT2D eigenvalue weighted by molar-refractivity contribution is 5.85. The van der Waals surface area contributed by atoms with Crippen molar-refractivity contribution in [2.24, 2.45) is 0 Å². The Morgan fingerprint density at radius 2 is 2.00 bits per heavy atom. The predicted molar refractivity (Wildman–Crippen MR) is 57.8 cm³/mol. The maximum atomic E-state index is 5.18. The number of fused-ring (bicyclic) bond motifs is 1. The summed E-state index contributed by atoms with van der Waals surface area (Å²) in [5.41, 5.74) is 2.06. The molecule has 0 saturated heterocycles. The molecule has 0 radical (unpaired) electrons. The molecule has 0 bridgehead atoms. The zero-order valence-corrected chi connectivity index (χ0v) is 9.56. The fourth-order valence-electron chi connectivity index (χ4n) is 1.55. The summed E-state index contributed by atoms with van der Waals surface area (Å²) in [5, 5.41) is 3.25. The number of hydrogen-bond donors (Lipinski definition) is 1. The molecule has 0 aromatic carbocycles. The number of nitrogens with one attached hydrogen (secondary N) is 1. The minimum absolute atomic E-state index is 0.